The number of hydrogen-bond acceptors (Lipinski definition) is 4. The molecule has 5 aromatic rings. The van der Waals surface area contributed by atoms with Crippen molar-refractivity contribution in [3.8, 4) is 5.75 Å². The van der Waals surface area contributed by atoms with E-state index in [1.807, 2.05) is 84.9 Å². The third-order valence-electron chi connectivity index (χ3n) is 6.17. The van der Waals surface area contributed by atoms with Gasteiger partial charge in [-0.05, 0) is 66.0 Å². The lowest BCUT2D eigenvalue weighted by Crippen LogP contribution is -2.22. The lowest BCUT2D eigenvalue weighted by atomic mass is 10.0. The van der Waals surface area contributed by atoms with Gasteiger partial charge in [-0.3, -0.25) is 9.69 Å². The first-order valence-electron chi connectivity index (χ1n) is 11.0. The maximum absolute atomic E-state index is 13.5. The number of amides is 1. The molecule has 5 heteroatoms. The minimum Gasteiger partial charge on any atom is -0.411 e. The third-order valence-corrected chi connectivity index (χ3v) is 6.17. The average molecular weight is 444 g/mol. The highest BCUT2D eigenvalue weighted by Crippen LogP contribution is 2.45. The van der Waals surface area contributed by atoms with E-state index in [1.54, 1.807) is 11.0 Å². The van der Waals surface area contributed by atoms with E-state index in [4.69, 9.17) is 10.7 Å². The monoisotopic (exact) mass is 443 g/mol. The van der Waals surface area contributed by atoms with Crippen LogP contribution >= 0.6 is 0 Å². The summed E-state index contributed by atoms with van der Waals surface area (Å²) in [5, 5.41) is 1.83. The highest BCUT2D eigenvalue weighted by atomic mass is 16.6. The van der Waals surface area contributed by atoms with Crippen molar-refractivity contribution >= 4 is 45.1 Å². The molecule has 34 heavy (non-hydrogen) atoms. The molecule has 5 aromatic carbocycles. The van der Waals surface area contributed by atoms with Crippen LogP contribution in [0.2, 0.25) is 0 Å². The molecule has 5 nitrogen and oxygen atoms in total. The molecular weight excluding hydrogens is 422 g/mol. The van der Waals surface area contributed by atoms with Gasteiger partial charge in [-0.1, -0.05) is 54.6 Å². The number of benzene rings is 5. The highest BCUT2D eigenvalue weighted by molar-refractivity contribution is 6.29. The summed E-state index contributed by atoms with van der Waals surface area (Å²) < 4.78 is 0. The summed E-state index contributed by atoms with van der Waals surface area (Å²) in [4.78, 5) is 22.4. The standard InChI is InChI=1S/C29H21N3O2/c30-34-26-19-14-20-8-7-13-25-27(20)28(26)29(33)32(25)24-17-15-23(16-18-24)31(21-9-3-1-4-10-21)22-11-5-2-6-12-22/h1-19H,30H2. The first-order valence-corrected chi connectivity index (χ1v) is 11.0. The van der Waals surface area contributed by atoms with Crippen LogP contribution in [0.5, 0.6) is 5.75 Å². The Labute approximate surface area is 197 Å². The lowest BCUT2D eigenvalue weighted by Gasteiger charge is -2.26. The molecule has 6 rings (SSSR count). The summed E-state index contributed by atoms with van der Waals surface area (Å²) in [6, 6.07) is 38.0. The number of nitrogens with two attached hydrogens (primary N) is 1. The fraction of sp³-hybridized carbons (Fsp3) is 0. The van der Waals surface area contributed by atoms with Crippen molar-refractivity contribution in [3.05, 3.63) is 121 Å². The quantitative estimate of drug-likeness (QED) is 0.302. The zero-order chi connectivity index (χ0) is 23.1. The van der Waals surface area contributed by atoms with Crippen LogP contribution < -0.4 is 20.5 Å². The van der Waals surface area contributed by atoms with Crippen LogP contribution in [0.3, 0.4) is 0 Å². The van der Waals surface area contributed by atoms with E-state index in [-0.39, 0.29) is 5.91 Å². The van der Waals surface area contributed by atoms with E-state index in [1.165, 1.54) is 0 Å². The van der Waals surface area contributed by atoms with Crippen LogP contribution in [-0.2, 0) is 0 Å². The topological polar surface area (TPSA) is 58.8 Å². The largest absolute Gasteiger partial charge is 0.411 e. The Bertz CT molecular complexity index is 1460. The fourth-order valence-electron chi connectivity index (χ4n) is 4.67. The molecule has 1 aliphatic rings. The second kappa shape index (κ2) is 8.06. The van der Waals surface area contributed by atoms with Gasteiger partial charge in [0, 0.05) is 28.1 Å². The molecule has 2 N–H and O–H groups in total. The van der Waals surface area contributed by atoms with Crippen molar-refractivity contribution < 1.29 is 9.63 Å². The average Bonchev–Trinajstić information content (AvgIpc) is 3.20. The van der Waals surface area contributed by atoms with E-state index >= 15 is 0 Å². The summed E-state index contributed by atoms with van der Waals surface area (Å²) >= 11 is 0. The second-order valence-corrected chi connectivity index (χ2v) is 8.10. The Balaban J connectivity index is 1.43. The van der Waals surface area contributed by atoms with Crippen LogP contribution in [0.25, 0.3) is 10.8 Å². The third kappa shape index (κ3) is 3.10. The Morgan fingerprint density at radius 1 is 0.647 bits per heavy atom. The minimum absolute atomic E-state index is 0.150. The van der Waals surface area contributed by atoms with Crippen LogP contribution in [0, 0.1) is 0 Å². The second-order valence-electron chi connectivity index (χ2n) is 8.10. The number of carbonyl (C=O) groups is 1. The van der Waals surface area contributed by atoms with E-state index < -0.39 is 0 Å². The molecule has 0 atom stereocenters. The maximum Gasteiger partial charge on any atom is 0.267 e. The van der Waals surface area contributed by atoms with Gasteiger partial charge in [0.1, 0.15) is 0 Å². The van der Waals surface area contributed by atoms with Crippen LogP contribution in [-0.4, -0.2) is 5.91 Å². The molecule has 0 saturated heterocycles. The van der Waals surface area contributed by atoms with Crippen molar-refractivity contribution in [2.24, 2.45) is 5.90 Å². The van der Waals surface area contributed by atoms with Crippen LogP contribution in [0.4, 0.5) is 28.4 Å². The number of nitrogens with zero attached hydrogens (tertiary/aromatic N) is 2. The van der Waals surface area contributed by atoms with Crippen molar-refractivity contribution in [1.29, 1.82) is 0 Å². The number of rotatable bonds is 5. The van der Waals surface area contributed by atoms with Gasteiger partial charge in [0.15, 0.2) is 5.75 Å². The van der Waals surface area contributed by atoms with Gasteiger partial charge in [0.25, 0.3) is 5.91 Å². The summed E-state index contributed by atoms with van der Waals surface area (Å²) in [7, 11) is 0. The van der Waals surface area contributed by atoms with Crippen molar-refractivity contribution in [2.45, 2.75) is 0 Å². The maximum atomic E-state index is 13.5. The summed E-state index contributed by atoms with van der Waals surface area (Å²) in [6.45, 7) is 0. The predicted molar refractivity (Wildman–Crippen MR) is 136 cm³/mol. The molecule has 0 unspecified atom stereocenters. The first kappa shape index (κ1) is 20.0. The number of para-hydroxylation sites is 2. The molecule has 1 aliphatic heterocycles. The number of anilines is 5. The van der Waals surface area contributed by atoms with E-state index in [0.29, 0.717) is 11.3 Å². The molecule has 0 radical (unpaired) electrons. The lowest BCUT2D eigenvalue weighted by molar-refractivity contribution is 0.100. The molecule has 164 valence electrons. The van der Waals surface area contributed by atoms with E-state index in [2.05, 4.69) is 29.2 Å². The molecule has 1 heterocycles. The Kier molecular flexibility index (Phi) is 4.75. The smallest absolute Gasteiger partial charge is 0.267 e. The molecule has 0 spiro atoms. The summed E-state index contributed by atoms with van der Waals surface area (Å²) in [5.41, 5.74) is 5.21. The van der Waals surface area contributed by atoms with Crippen LogP contribution in [0.15, 0.2) is 115 Å². The van der Waals surface area contributed by atoms with Crippen LogP contribution in [0.1, 0.15) is 10.4 Å². The summed E-state index contributed by atoms with van der Waals surface area (Å²) in [6.07, 6.45) is 0. The van der Waals surface area contributed by atoms with E-state index in [9.17, 15) is 4.79 Å². The fourth-order valence-corrected chi connectivity index (χ4v) is 4.67. The number of carbonyl (C=O) groups excluding carboxylic acids is 1. The Morgan fingerprint density at radius 2 is 1.26 bits per heavy atom. The summed E-state index contributed by atoms with van der Waals surface area (Å²) in [5.74, 6) is 5.70. The molecule has 1 amide bonds. The molecule has 0 saturated carbocycles. The molecule has 0 fully saturated rings. The first-order chi connectivity index (χ1) is 16.8. The van der Waals surface area contributed by atoms with Gasteiger partial charge in [0.05, 0.1) is 11.3 Å². The van der Waals surface area contributed by atoms with E-state index in [0.717, 1.165) is 39.2 Å². The van der Waals surface area contributed by atoms with Gasteiger partial charge < -0.3 is 9.74 Å². The SMILES string of the molecule is NOc1ccc2cccc3c2c1C(=O)N3c1ccc(N(c2ccccc2)c2ccccc2)cc1. The molecule has 0 bridgehead atoms. The van der Waals surface area contributed by atoms with Crippen molar-refractivity contribution in [1.82, 2.24) is 0 Å². The number of hydrogen-bond donors (Lipinski definition) is 1. The van der Waals surface area contributed by atoms with Crippen molar-refractivity contribution in [2.75, 3.05) is 9.80 Å². The molecular formula is C29H21N3O2. The zero-order valence-corrected chi connectivity index (χ0v) is 18.3. The van der Waals surface area contributed by atoms with Gasteiger partial charge >= 0.3 is 0 Å². The molecule has 0 aromatic heterocycles. The van der Waals surface area contributed by atoms with Gasteiger partial charge in [-0.25, -0.2) is 0 Å². The minimum atomic E-state index is -0.150. The Hall–Kier alpha value is -4.61. The predicted octanol–water partition coefficient (Wildman–Crippen LogP) is 6.85. The Morgan fingerprint density at radius 3 is 1.88 bits per heavy atom. The van der Waals surface area contributed by atoms with Gasteiger partial charge in [-0.15, -0.1) is 0 Å². The normalized spacial score (nSPS) is 12.3. The van der Waals surface area contributed by atoms with Gasteiger partial charge in [0.2, 0.25) is 0 Å². The van der Waals surface area contributed by atoms with Gasteiger partial charge in [-0.2, -0.15) is 5.90 Å². The zero-order valence-electron chi connectivity index (χ0n) is 18.3. The van der Waals surface area contributed by atoms with Crippen molar-refractivity contribution in [3.63, 3.8) is 0 Å². The molecule has 0 aliphatic carbocycles. The highest BCUT2D eigenvalue weighted by Gasteiger charge is 2.34.